The van der Waals surface area contributed by atoms with Crippen LogP contribution in [-0.4, -0.2) is 29.5 Å². The Labute approximate surface area is 257 Å². The zero-order chi connectivity index (χ0) is 28.8. The molecule has 0 saturated heterocycles. The van der Waals surface area contributed by atoms with E-state index < -0.39 is 6.61 Å². The minimum Gasteiger partial charge on any atom is -0.488 e. The number of hydrogen-bond acceptors (Lipinski definition) is 5. The molecule has 0 aliphatic rings. The van der Waals surface area contributed by atoms with E-state index in [1.165, 1.54) is 12.1 Å². The van der Waals surface area contributed by atoms with Gasteiger partial charge >= 0.3 is 6.61 Å². The third-order valence-corrected chi connectivity index (χ3v) is 7.52. The molecule has 2 heterocycles. The Morgan fingerprint density at radius 3 is 2.43 bits per heavy atom. The molecule has 5 rings (SSSR count). The van der Waals surface area contributed by atoms with Crippen LogP contribution >= 0.6 is 35.3 Å². The molecule has 2 aromatic heterocycles. The molecule has 0 radical (unpaired) electrons. The maximum atomic E-state index is 13.0. The number of carbonyl (C=O) groups is 1. The van der Waals surface area contributed by atoms with E-state index in [9.17, 15) is 13.6 Å². The number of halogens is 4. The van der Waals surface area contributed by atoms with Crippen molar-refractivity contribution in [2.75, 3.05) is 7.05 Å². The molecular weight excluding hydrogens is 601 g/mol. The lowest BCUT2D eigenvalue weighted by molar-refractivity contribution is -0.0498. The molecule has 10 heteroatoms. The van der Waals surface area contributed by atoms with Crippen molar-refractivity contribution in [1.29, 1.82) is 0 Å². The van der Waals surface area contributed by atoms with E-state index in [0.29, 0.717) is 22.9 Å². The van der Waals surface area contributed by atoms with Crippen molar-refractivity contribution in [1.82, 2.24) is 9.88 Å². The van der Waals surface area contributed by atoms with Crippen LogP contribution in [0.1, 0.15) is 21.5 Å². The summed E-state index contributed by atoms with van der Waals surface area (Å²) in [4.78, 5) is 19.8. The summed E-state index contributed by atoms with van der Waals surface area (Å²) in [6.45, 7) is -2.18. The van der Waals surface area contributed by atoms with Crippen LogP contribution in [0.5, 0.6) is 11.5 Å². The first-order valence-electron chi connectivity index (χ1n) is 12.7. The van der Waals surface area contributed by atoms with Crippen LogP contribution in [0.15, 0.2) is 103 Å². The van der Waals surface area contributed by atoms with Crippen molar-refractivity contribution in [3.63, 3.8) is 0 Å². The average Bonchev–Trinajstić information content (AvgIpc) is 3.47. The first kappa shape index (κ1) is 31.0. The van der Waals surface area contributed by atoms with Gasteiger partial charge in [0.2, 0.25) is 0 Å². The summed E-state index contributed by atoms with van der Waals surface area (Å²) in [5, 5.41) is 2.56. The second-order valence-corrected chi connectivity index (χ2v) is 10.6. The fraction of sp³-hybridized carbons (Fsp3) is 0.125. The number of pyridine rings is 1. The summed E-state index contributed by atoms with van der Waals surface area (Å²) in [5.74, 6) is 0.642. The quantitative estimate of drug-likeness (QED) is 0.155. The fourth-order valence-corrected chi connectivity index (χ4v) is 5.42. The molecular formula is C32H26Cl2F2N2O3S. The molecule has 1 amide bonds. The van der Waals surface area contributed by atoms with E-state index in [0.717, 1.165) is 32.7 Å². The molecule has 5 aromatic rings. The number of thiophene rings is 1. The van der Waals surface area contributed by atoms with Crippen LogP contribution in [-0.2, 0) is 13.2 Å². The van der Waals surface area contributed by atoms with Gasteiger partial charge in [-0.05, 0) is 76.7 Å². The third kappa shape index (κ3) is 7.64. The number of alkyl halides is 2. The number of ether oxygens (including phenoxy) is 2. The number of nitrogens with zero attached hydrogens (tertiary/aromatic N) is 2. The Bertz CT molecular complexity index is 1620. The highest BCUT2D eigenvalue weighted by Crippen LogP contribution is 2.42. The van der Waals surface area contributed by atoms with Gasteiger partial charge in [0.25, 0.3) is 5.91 Å². The first-order valence-corrected chi connectivity index (χ1v) is 13.9. The third-order valence-electron chi connectivity index (χ3n) is 6.32. The van der Waals surface area contributed by atoms with Crippen LogP contribution in [0, 0.1) is 0 Å². The number of benzene rings is 3. The highest BCUT2D eigenvalue weighted by Gasteiger charge is 2.17. The fourth-order valence-electron chi connectivity index (χ4n) is 4.33. The summed E-state index contributed by atoms with van der Waals surface area (Å²) in [7, 11) is 1.77. The van der Waals surface area contributed by atoms with Crippen molar-refractivity contribution in [3.8, 4) is 33.1 Å². The van der Waals surface area contributed by atoms with Crippen LogP contribution < -0.4 is 9.47 Å². The normalized spacial score (nSPS) is 10.7. The van der Waals surface area contributed by atoms with Gasteiger partial charge in [-0.25, -0.2) is 0 Å². The van der Waals surface area contributed by atoms with E-state index in [2.05, 4.69) is 9.72 Å². The van der Waals surface area contributed by atoms with Crippen LogP contribution in [0.4, 0.5) is 8.78 Å². The van der Waals surface area contributed by atoms with Crippen molar-refractivity contribution in [2.24, 2.45) is 0 Å². The lowest BCUT2D eigenvalue weighted by Gasteiger charge is -2.17. The van der Waals surface area contributed by atoms with E-state index in [1.54, 1.807) is 53.9 Å². The van der Waals surface area contributed by atoms with Gasteiger partial charge in [0.05, 0.1) is 0 Å². The summed E-state index contributed by atoms with van der Waals surface area (Å²) >= 11 is 7.96. The number of amides is 1. The average molecular weight is 628 g/mol. The van der Waals surface area contributed by atoms with Gasteiger partial charge in [0, 0.05) is 52.6 Å². The molecule has 0 aliphatic heterocycles. The van der Waals surface area contributed by atoms with Crippen LogP contribution in [0.2, 0.25) is 5.02 Å². The van der Waals surface area contributed by atoms with Gasteiger partial charge < -0.3 is 14.4 Å². The zero-order valence-corrected chi connectivity index (χ0v) is 24.8. The van der Waals surface area contributed by atoms with Crippen LogP contribution in [0.3, 0.4) is 0 Å². The number of rotatable bonds is 10. The summed E-state index contributed by atoms with van der Waals surface area (Å²) in [6.07, 6.45) is 3.46. The second-order valence-electron chi connectivity index (χ2n) is 9.21. The Hall–Kier alpha value is -3.98. The maximum Gasteiger partial charge on any atom is 0.387 e. The van der Waals surface area contributed by atoms with Gasteiger partial charge in [0.15, 0.2) is 0 Å². The first-order chi connectivity index (χ1) is 19.9. The van der Waals surface area contributed by atoms with Gasteiger partial charge in [0.1, 0.15) is 18.1 Å². The molecule has 0 unspecified atom stereocenters. The van der Waals surface area contributed by atoms with Crippen molar-refractivity contribution >= 4 is 41.3 Å². The smallest absolute Gasteiger partial charge is 0.387 e. The molecule has 5 nitrogen and oxygen atoms in total. The van der Waals surface area contributed by atoms with Crippen molar-refractivity contribution < 1.29 is 23.0 Å². The SMILES string of the molecule is CN(Cc1cccnc1)C(=O)c1ccc(-c2sccc2-c2cc(Cl)ccc2OCc2ccc(OC(F)F)cc2)cc1.Cl. The lowest BCUT2D eigenvalue weighted by atomic mass is 10.0. The maximum absolute atomic E-state index is 13.0. The standard InChI is InChI=1S/C32H25ClF2N2O3S.ClH/c1-37(19-22-3-2-15-36-18-22)31(38)24-8-6-23(7-9-24)30-27(14-16-41-30)28-17-25(33)10-13-29(28)39-20-21-4-11-26(12-5-21)40-32(34)35;/h2-18,32H,19-20H2,1H3;1H. The second kappa shape index (κ2) is 14.3. The highest BCUT2D eigenvalue weighted by molar-refractivity contribution is 7.14. The number of aromatic nitrogens is 1. The van der Waals surface area contributed by atoms with Gasteiger partial charge in [-0.1, -0.05) is 41.9 Å². The topological polar surface area (TPSA) is 51.7 Å². The molecule has 0 fully saturated rings. The number of hydrogen-bond donors (Lipinski definition) is 0. The minimum atomic E-state index is -2.87. The van der Waals surface area contributed by atoms with Crippen molar-refractivity contribution in [3.05, 3.63) is 124 Å². The molecule has 3 aromatic carbocycles. The van der Waals surface area contributed by atoms with Crippen molar-refractivity contribution in [2.45, 2.75) is 19.8 Å². The summed E-state index contributed by atoms with van der Waals surface area (Å²) in [5.41, 5.74) is 5.08. The predicted octanol–water partition coefficient (Wildman–Crippen LogP) is 9.00. The largest absolute Gasteiger partial charge is 0.488 e. The Morgan fingerprint density at radius 2 is 1.74 bits per heavy atom. The highest BCUT2D eigenvalue weighted by atomic mass is 35.5. The molecule has 0 saturated carbocycles. The lowest BCUT2D eigenvalue weighted by Crippen LogP contribution is -2.26. The Balaban J connectivity index is 0.00000405. The Morgan fingerprint density at radius 1 is 0.976 bits per heavy atom. The van der Waals surface area contributed by atoms with Gasteiger partial charge in [-0.3, -0.25) is 9.78 Å². The minimum absolute atomic E-state index is 0. The molecule has 0 bridgehead atoms. The molecule has 0 spiro atoms. The zero-order valence-electron chi connectivity index (χ0n) is 22.4. The summed E-state index contributed by atoms with van der Waals surface area (Å²) < 4.78 is 35.4. The van der Waals surface area contributed by atoms with E-state index in [1.807, 2.05) is 60.0 Å². The molecule has 0 aliphatic carbocycles. The van der Waals surface area contributed by atoms with Gasteiger partial charge in [-0.2, -0.15) is 8.78 Å². The number of carbonyl (C=O) groups excluding carboxylic acids is 1. The van der Waals surface area contributed by atoms with E-state index >= 15 is 0 Å². The van der Waals surface area contributed by atoms with Gasteiger partial charge in [-0.15, -0.1) is 23.7 Å². The molecule has 0 atom stereocenters. The van der Waals surface area contributed by atoms with E-state index in [-0.39, 0.29) is 30.7 Å². The summed E-state index contributed by atoms with van der Waals surface area (Å²) in [6, 6.07) is 25.1. The predicted molar refractivity (Wildman–Crippen MR) is 165 cm³/mol. The molecule has 0 N–H and O–H groups in total. The molecule has 216 valence electrons. The van der Waals surface area contributed by atoms with Crippen LogP contribution in [0.25, 0.3) is 21.6 Å². The molecule has 42 heavy (non-hydrogen) atoms. The van der Waals surface area contributed by atoms with E-state index in [4.69, 9.17) is 16.3 Å². The Kier molecular flexibility index (Phi) is 10.5. The monoisotopic (exact) mass is 626 g/mol.